The van der Waals surface area contributed by atoms with Crippen LogP contribution in [0, 0.1) is 6.92 Å². The number of rotatable bonds is 4. The van der Waals surface area contributed by atoms with Gasteiger partial charge in [-0.1, -0.05) is 110 Å². The van der Waals surface area contributed by atoms with Gasteiger partial charge in [0.1, 0.15) is 11.5 Å². The SMILES string of the molecule is CCOc1ccc(C2(c3ccc(C)cc3)C=Cc3c4c(c5ccccc5c3O2)-c2ccccc2C4(C)C)cc1. The van der Waals surface area contributed by atoms with Crippen molar-refractivity contribution in [1.82, 2.24) is 0 Å². The van der Waals surface area contributed by atoms with Gasteiger partial charge in [0.15, 0.2) is 5.60 Å². The molecule has 39 heavy (non-hydrogen) atoms. The molecular weight excluding hydrogens is 476 g/mol. The van der Waals surface area contributed by atoms with E-state index in [9.17, 15) is 0 Å². The molecule has 7 rings (SSSR count). The first kappa shape index (κ1) is 23.8. The summed E-state index contributed by atoms with van der Waals surface area (Å²) in [7, 11) is 0. The average Bonchev–Trinajstić information content (AvgIpc) is 3.21. The summed E-state index contributed by atoms with van der Waals surface area (Å²) in [6.07, 6.45) is 4.57. The molecule has 0 bridgehead atoms. The van der Waals surface area contributed by atoms with Gasteiger partial charge in [-0.15, -0.1) is 0 Å². The molecule has 2 aliphatic rings. The van der Waals surface area contributed by atoms with Crippen LogP contribution in [0.4, 0.5) is 0 Å². The quantitative estimate of drug-likeness (QED) is 0.241. The molecule has 0 N–H and O–H groups in total. The maximum Gasteiger partial charge on any atom is 0.178 e. The number of fused-ring (bicyclic) bond motifs is 8. The van der Waals surface area contributed by atoms with Gasteiger partial charge >= 0.3 is 0 Å². The van der Waals surface area contributed by atoms with Crippen LogP contribution < -0.4 is 9.47 Å². The van der Waals surface area contributed by atoms with Gasteiger partial charge < -0.3 is 9.47 Å². The number of hydrogen-bond acceptors (Lipinski definition) is 2. The number of benzene rings is 5. The molecular formula is C37H32O2. The Morgan fingerprint density at radius 3 is 2.10 bits per heavy atom. The second-order valence-electron chi connectivity index (χ2n) is 11.2. The molecule has 1 heterocycles. The lowest BCUT2D eigenvalue weighted by atomic mass is 9.77. The first-order chi connectivity index (χ1) is 18.9. The summed E-state index contributed by atoms with van der Waals surface area (Å²) in [5.74, 6) is 1.81. The fourth-order valence-corrected chi connectivity index (χ4v) is 6.65. The number of ether oxygens (including phenoxy) is 2. The topological polar surface area (TPSA) is 18.5 Å². The minimum atomic E-state index is -0.766. The molecule has 1 unspecified atom stereocenters. The summed E-state index contributed by atoms with van der Waals surface area (Å²) >= 11 is 0. The molecule has 0 radical (unpaired) electrons. The van der Waals surface area contributed by atoms with E-state index in [2.05, 4.69) is 118 Å². The van der Waals surface area contributed by atoms with Gasteiger partial charge in [-0.3, -0.25) is 0 Å². The van der Waals surface area contributed by atoms with Gasteiger partial charge in [0.25, 0.3) is 0 Å². The Kier molecular flexibility index (Phi) is 5.25. The van der Waals surface area contributed by atoms with Crippen molar-refractivity contribution in [3.05, 3.63) is 137 Å². The van der Waals surface area contributed by atoms with Gasteiger partial charge in [-0.25, -0.2) is 0 Å². The van der Waals surface area contributed by atoms with Crippen molar-refractivity contribution in [3.8, 4) is 22.6 Å². The molecule has 192 valence electrons. The minimum absolute atomic E-state index is 0.142. The zero-order valence-electron chi connectivity index (χ0n) is 22.9. The standard InChI is InChI=1S/C37H32O2/c1-5-38-27-20-18-26(19-21-27)37(25-16-14-24(2)15-17-25)23-22-31-34-33(28-10-6-7-11-29(28)35(31)39-37)30-12-8-9-13-32(30)36(34,3)4/h6-23H,5H2,1-4H3. The zero-order chi connectivity index (χ0) is 26.8. The van der Waals surface area contributed by atoms with Crippen molar-refractivity contribution in [2.45, 2.75) is 38.7 Å². The number of hydrogen-bond donors (Lipinski definition) is 0. The van der Waals surface area contributed by atoms with Crippen LogP contribution >= 0.6 is 0 Å². The molecule has 0 fully saturated rings. The Hall–Kier alpha value is -4.30. The molecule has 0 saturated heterocycles. The van der Waals surface area contributed by atoms with Gasteiger partial charge in [-0.05, 0) is 59.7 Å². The van der Waals surface area contributed by atoms with E-state index in [-0.39, 0.29) is 5.41 Å². The lowest BCUT2D eigenvalue weighted by Crippen LogP contribution is -2.35. The summed E-state index contributed by atoms with van der Waals surface area (Å²) in [6, 6.07) is 34.6. The summed E-state index contributed by atoms with van der Waals surface area (Å²) < 4.78 is 13.1. The third-order valence-corrected chi connectivity index (χ3v) is 8.52. The molecule has 1 aliphatic carbocycles. The van der Waals surface area contributed by atoms with Crippen molar-refractivity contribution in [1.29, 1.82) is 0 Å². The van der Waals surface area contributed by atoms with Gasteiger partial charge in [0.05, 0.1) is 6.61 Å². The third-order valence-electron chi connectivity index (χ3n) is 8.52. The van der Waals surface area contributed by atoms with Gasteiger partial charge in [0, 0.05) is 27.5 Å². The molecule has 0 saturated carbocycles. The van der Waals surface area contributed by atoms with Crippen molar-refractivity contribution in [2.24, 2.45) is 0 Å². The highest BCUT2D eigenvalue weighted by molar-refractivity contribution is 6.08. The van der Waals surface area contributed by atoms with E-state index in [1.165, 1.54) is 38.8 Å². The van der Waals surface area contributed by atoms with Crippen LogP contribution in [-0.4, -0.2) is 6.61 Å². The predicted molar refractivity (Wildman–Crippen MR) is 161 cm³/mol. The molecule has 2 heteroatoms. The summed E-state index contributed by atoms with van der Waals surface area (Å²) in [5, 5.41) is 2.38. The number of aryl methyl sites for hydroxylation is 1. The Balaban J connectivity index is 1.51. The Morgan fingerprint density at radius 2 is 1.38 bits per heavy atom. The summed E-state index contributed by atoms with van der Waals surface area (Å²) in [5.41, 5.74) is 9.05. The van der Waals surface area contributed by atoms with E-state index in [4.69, 9.17) is 9.47 Å². The summed E-state index contributed by atoms with van der Waals surface area (Å²) in [6.45, 7) is 9.46. The largest absolute Gasteiger partial charge is 0.494 e. The molecule has 0 aromatic heterocycles. The van der Waals surface area contributed by atoms with Crippen molar-refractivity contribution >= 4 is 16.8 Å². The van der Waals surface area contributed by atoms with Gasteiger partial charge in [-0.2, -0.15) is 0 Å². The normalized spacial score (nSPS) is 18.3. The van der Waals surface area contributed by atoms with Gasteiger partial charge in [0.2, 0.25) is 0 Å². The van der Waals surface area contributed by atoms with E-state index in [0.29, 0.717) is 6.61 Å². The fraction of sp³-hybridized carbons (Fsp3) is 0.189. The lowest BCUT2D eigenvalue weighted by Gasteiger charge is -2.38. The molecule has 5 aromatic carbocycles. The molecule has 0 spiro atoms. The van der Waals surface area contributed by atoms with Crippen LogP contribution in [0.2, 0.25) is 0 Å². The highest BCUT2D eigenvalue weighted by atomic mass is 16.5. The Labute approximate surface area is 230 Å². The van der Waals surface area contributed by atoms with Crippen LogP contribution in [0.15, 0.2) is 103 Å². The molecule has 0 amide bonds. The first-order valence-corrected chi connectivity index (χ1v) is 13.8. The second-order valence-corrected chi connectivity index (χ2v) is 11.2. The second kappa shape index (κ2) is 8.61. The molecule has 1 atom stereocenters. The first-order valence-electron chi connectivity index (χ1n) is 13.8. The van der Waals surface area contributed by atoms with Crippen LogP contribution in [0.5, 0.6) is 11.5 Å². The average molecular weight is 509 g/mol. The third kappa shape index (κ3) is 3.41. The minimum Gasteiger partial charge on any atom is -0.494 e. The predicted octanol–water partition coefficient (Wildman–Crippen LogP) is 9.20. The molecule has 1 aliphatic heterocycles. The zero-order valence-corrected chi connectivity index (χ0v) is 22.9. The van der Waals surface area contributed by atoms with E-state index >= 15 is 0 Å². The van der Waals surface area contributed by atoms with E-state index in [1.54, 1.807) is 0 Å². The lowest BCUT2D eigenvalue weighted by molar-refractivity contribution is 0.163. The molecule has 2 nitrogen and oxygen atoms in total. The van der Waals surface area contributed by atoms with E-state index < -0.39 is 5.60 Å². The van der Waals surface area contributed by atoms with E-state index in [0.717, 1.165) is 28.0 Å². The molecule has 5 aromatic rings. The van der Waals surface area contributed by atoms with Crippen molar-refractivity contribution < 1.29 is 9.47 Å². The highest BCUT2D eigenvalue weighted by Crippen LogP contribution is 2.57. The monoisotopic (exact) mass is 508 g/mol. The highest BCUT2D eigenvalue weighted by Gasteiger charge is 2.44. The Morgan fingerprint density at radius 1 is 0.744 bits per heavy atom. The van der Waals surface area contributed by atoms with Crippen LogP contribution in [0.25, 0.3) is 28.0 Å². The smallest absolute Gasteiger partial charge is 0.178 e. The maximum atomic E-state index is 7.33. The van der Waals surface area contributed by atoms with E-state index in [1.807, 2.05) is 19.1 Å². The van der Waals surface area contributed by atoms with Crippen molar-refractivity contribution in [3.63, 3.8) is 0 Å². The van der Waals surface area contributed by atoms with Crippen LogP contribution in [0.1, 0.15) is 54.2 Å². The maximum absolute atomic E-state index is 7.33. The fourth-order valence-electron chi connectivity index (χ4n) is 6.65. The Bertz CT molecular complexity index is 1760. The van der Waals surface area contributed by atoms with Crippen LogP contribution in [0.3, 0.4) is 0 Å². The summed E-state index contributed by atoms with van der Waals surface area (Å²) in [4.78, 5) is 0. The van der Waals surface area contributed by atoms with Crippen molar-refractivity contribution in [2.75, 3.05) is 6.61 Å². The van der Waals surface area contributed by atoms with Crippen LogP contribution in [-0.2, 0) is 11.0 Å².